The van der Waals surface area contributed by atoms with E-state index in [9.17, 15) is 15.0 Å². The molecule has 5 heteroatoms. The molecular formula is C20H26N2O3. The van der Waals surface area contributed by atoms with Crippen LogP contribution in [0.4, 0.5) is 0 Å². The second kappa shape index (κ2) is 6.24. The number of ketones is 1. The summed E-state index contributed by atoms with van der Waals surface area (Å²) in [6.45, 7) is 2.60. The van der Waals surface area contributed by atoms with Gasteiger partial charge in [0, 0.05) is 48.4 Å². The number of aromatic amines is 1. The Kier molecular flexibility index (Phi) is 4.18. The molecule has 1 fully saturated rings. The van der Waals surface area contributed by atoms with Gasteiger partial charge in [-0.3, -0.25) is 4.79 Å². The Balaban J connectivity index is 1.85. The molecule has 2 aliphatic rings. The summed E-state index contributed by atoms with van der Waals surface area (Å²) in [4.78, 5) is 18.6. The number of benzene rings is 1. The zero-order valence-corrected chi connectivity index (χ0v) is 14.8. The SMILES string of the molecule is C[C@H](O)[C@H]1CN(C)[C@H]2Cc3c([nH]c4ccccc34)C(=O)C[C@@H]1[C@H]2CO. The summed E-state index contributed by atoms with van der Waals surface area (Å²) in [5.74, 6) is 0.124. The van der Waals surface area contributed by atoms with E-state index in [0.717, 1.165) is 29.4 Å². The Morgan fingerprint density at radius 2 is 2.08 bits per heavy atom. The summed E-state index contributed by atoms with van der Waals surface area (Å²) in [5, 5.41) is 21.5. The third kappa shape index (κ3) is 2.62. The van der Waals surface area contributed by atoms with E-state index in [1.165, 1.54) is 0 Å². The third-order valence-corrected chi connectivity index (χ3v) is 6.42. The van der Waals surface area contributed by atoms with E-state index < -0.39 is 6.10 Å². The highest BCUT2D eigenvalue weighted by Gasteiger charge is 2.46. The van der Waals surface area contributed by atoms with E-state index in [1.807, 2.05) is 18.2 Å². The number of hydrogen-bond donors (Lipinski definition) is 3. The molecule has 2 aromatic rings. The first-order valence-electron chi connectivity index (χ1n) is 9.13. The maximum Gasteiger partial charge on any atom is 0.179 e. The van der Waals surface area contributed by atoms with Crippen molar-refractivity contribution in [1.29, 1.82) is 0 Å². The normalized spacial score (nSPS) is 31.4. The Morgan fingerprint density at radius 1 is 1.32 bits per heavy atom. The van der Waals surface area contributed by atoms with Crippen molar-refractivity contribution in [2.45, 2.75) is 31.9 Å². The Bertz CT molecular complexity index is 797. The number of likely N-dealkylation sites (tertiary alicyclic amines) is 1. The quantitative estimate of drug-likeness (QED) is 0.778. The molecule has 0 unspecified atom stereocenters. The summed E-state index contributed by atoms with van der Waals surface area (Å²) < 4.78 is 0. The molecule has 2 bridgehead atoms. The summed E-state index contributed by atoms with van der Waals surface area (Å²) >= 11 is 0. The van der Waals surface area contributed by atoms with Crippen LogP contribution in [0.25, 0.3) is 10.9 Å². The molecule has 0 spiro atoms. The number of fused-ring (bicyclic) bond motifs is 5. The number of carbonyl (C=O) groups is 1. The maximum absolute atomic E-state index is 13.0. The van der Waals surface area contributed by atoms with Gasteiger partial charge in [-0.1, -0.05) is 18.2 Å². The second-order valence-corrected chi connectivity index (χ2v) is 7.78. The molecule has 1 aliphatic heterocycles. The maximum atomic E-state index is 13.0. The van der Waals surface area contributed by atoms with Gasteiger partial charge in [-0.25, -0.2) is 0 Å². The topological polar surface area (TPSA) is 76.6 Å². The molecule has 5 atom stereocenters. The lowest BCUT2D eigenvalue weighted by Gasteiger charge is -2.49. The number of hydrogen-bond acceptors (Lipinski definition) is 4. The third-order valence-electron chi connectivity index (χ3n) is 6.42. The predicted molar refractivity (Wildman–Crippen MR) is 96.6 cm³/mol. The molecule has 1 aliphatic carbocycles. The van der Waals surface area contributed by atoms with Crippen molar-refractivity contribution in [3.63, 3.8) is 0 Å². The number of rotatable bonds is 2. The van der Waals surface area contributed by atoms with E-state index in [0.29, 0.717) is 12.1 Å². The van der Waals surface area contributed by atoms with Gasteiger partial charge in [0.1, 0.15) is 0 Å². The van der Waals surface area contributed by atoms with Crippen molar-refractivity contribution >= 4 is 16.7 Å². The fourth-order valence-corrected chi connectivity index (χ4v) is 5.09. The molecule has 4 rings (SSSR count). The van der Waals surface area contributed by atoms with E-state index >= 15 is 0 Å². The number of carbonyl (C=O) groups excluding carboxylic acids is 1. The summed E-state index contributed by atoms with van der Waals surface area (Å²) in [6.07, 6.45) is 0.637. The highest BCUT2D eigenvalue weighted by molar-refractivity contribution is 6.02. The number of H-pyrrole nitrogens is 1. The van der Waals surface area contributed by atoms with Crippen molar-refractivity contribution in [3.8, 4) is 0 Å². The Hall–Kier alpha value is -1.69. The van der Waals surface area contributed by atoms with Gasteiger partial charge in [-0.2, -0.15) is 0 Å². The molecule has 25 heavy (non-hydrogen) atoms. The van der Waals surface area contributed by atoms with Crippen LogP contribution in [-0.2, 0) is 6.42 Å². The summed E-state index contributed by atoms with van der Waals surface area (Å²) in [7, 11) is 2.07. The molecular weight excluding hydrogens is 316 g/mol. The van der Waals surface area contributed by atoms with Crippen molar-refractivity contribution in [2.75, 3.05) is 20.2 Å². The lowest BCUT2D eigenvalue weighted by molar-refractivity contribution is -0.0525. The predicted octanol–water partition coefficient (Wildman–Crippen LogP) is 1.83. The largest absolute Gasteiger partial charge is 0.396 e. The standard InChI is InChI=1S/C20H26N2O3/c1-11(24)15-9-22(2)18-7-14-12-5-3-4-6-17(12)21-20(14)19(25)8-13(15)16(18)10-23/h3-6,11,13,15-16,18,21,23-24H,7-10H2,1-2H3/t11-,13-,15+,16+,18-/m0/s1. The first-order valence-corrected chi connectivity index (χ1v) is 9.13. The van der Waals surface area contributed by atoms with Crippen LogP contribution in [-0.4, -0.2) is 58.2 Å². The number of aliphatic hydroxyl groups excluding tert-OH is 2. The lowest BCUT2D eigenvalue weighted by Crippen LogP contribution is -2.57. The number of nitrogens with one attached hydrogen (secondary N) is 1. The highest BCUT2D eigenvalue weighted by atomic mass is 16.3. The lowest BCUT2D eigenvalue weighted by atomic mass is 9.67. The van der Waals surface area contributed by atoms with Crippen LogP contribution < -0.4 is 0 Å². The van der Waals surface area contributed by atoms with Gasteiger partial charge < -0.3 is 20.1 Å². The van der Waals surface area contributed by atoms with Crippen molar-refractivity contribution in [1.82, 2.24) is 9.88 Å². The number of nitrogens with zero attached hydrogens (tertiary/aromatic N) is 1. The average Bonchev–Trinajstić information content (AvgIpc) is 2.95. The molecule has 5 nitrogen and oxygen atoms in total. The minimum absolute atomic E-state index is 0.00381. The Labute approximate surface area is 147 Å². The van der Waals surface area contributed by atoms with Gasteiger partial charge in [-0.15, -0.1) is 0 Å². The van der Waals surface area contributed by atoms with E-state index in [1.54, 1.807) is 6.92 Å². The fourth-order valence-electron chi connectivity index (χ4n) is 5.09. The minimum Gasteiger partial charge on any atom is -0.396 e. The van der Waals surface area contributed by atoms with Crippen LogP contribution in [0.1, 0.15) is 29.4 Å². The van der Waals surface area contributed by atoms with E-state index in [4.69, 9.17) is 0 Å². The monoisotopic (exact) mass is 342 g/mol. The van der Waals surface area contributed by atoms with Gasteiger partial charge in [-0.05, 0) is 37.9 Å². The zero-order chi connectivity index (χ0) is 17.7. The molecule has 3 N–H and O–H groups in total. The van der Waals surface area contributed by atoms with Gasteiger partial charge in [0.05, 0.1) is 11.8 Å². The van der Waals surface area contributed by atoms with Gasteiger partial charge >= 0.3 is 0 Å². The number of likely N-dealkylation sites (N-methyl/N-ethyl adjacent to an activating group) is 1. The molecule has 0 radical (unpaired) electrons. The van der Waals surface area contributed by atoms with Gasteiger partial charge in [0.15, 0.2) is 5.78 Å². The van der Waals surface area contributed by atoms with Crippen LogP contribution in [0, 0.1) is 17.8 Å². The van der Waals surface area contributed by atoms with Gasteiger partial charge in [0.2, 0.25) is 0 Å². The molecule has 1 aromatic heterocycles. The molecule has 2 heterocycles. The molecule has 134 valence electrons. The molecule has 0 amide bonds. The van der Waals surface area contributed by atoms with Crippen molar-refractivity contribution in [2.24, 2.45) is 17.8 Å². The smallest absolute Gasteiger partial charge is 0.179 e. The number of piperidine rings is 1. The molecule has 1 saturated heterocycles. The molecule has 0 saturated carbocycles. The number of aliphatic hydroxyl groups is 2. The van der Waals surface area contributed by atoms with Crippen molar-refractivity contribution < 1.29 is 15.0 Å². The van der Waals surface area contributed by atoms with Crippen LogP contribution >= 0.6 is 0 Å². The first kappa shape index (κ1) is 16.8. The number of aromatic nitrogens is 1. The summed E-state index contributed by atoms with van der Waals surface area (Å²) in [6, 6.07) is 8.22. The number of para-hydroxylation sites is 1. The Morgan fingerprint density at radius 3 is 2.80 bits per heavy atom. The zero-order valence-electron chi connectivity index (χ0n) is 14.8. The van der Waals surface area contributed by atoms with Crippen LogP contribution in [0.15, 0.2) is 24.3 Å². The van der Waals surface area contributed by atoms with E-state index in [2.05, 4.69) is 23.0 Å². The first-order chi connectivity index (χ1) is 12.0. The molecule has 1 aromatic carbocycles. The van der Waals surface area contributed by atoms with Crippen LogP contribution in [0.3, 0.4) is 0 Å². The fraction of sp³-hybridized carbons (Fsp3) is 0.550. The minimum atomic E-state index is -0.489. The summed E-state index contributed by atoms with van der Waals surface area (Å²) in [5.41, 5.74) is 2.78. The number of Topliss-reactive ketones (excluding diaryl/α,β-unsaturated/α-hetero) is 1. The second-order valence-electron chi connectivity index (χ2n) is 7.78. The van der Waals surface area contributed by atoms with Crippen molar-refractivity contribution in [3.05, 3.63) is 35.5 Å². The highest BCUT2D eigenvalue weighted by Crippen LogP contribution is 2.41. The van der Waals surface area contributed by atoms with E-state index in [-0.39, 0.29) is 36.2 Å². The van der Waals surface area contributed by atoms with Crippen LogP contribution in [0.2, 0.25) is 0 Å². The van der Waals surface area contributed by atoms with Gasteiger partial charge in [0.25, 0.3) is 0 Å². The average molecular weight is 342 g/mol. The van der Waals surface area contributed by atoms with Crippen LogP contribution in [0.5, 0.6) is 0 Å².